The van der Waals surface area contributed by atoms with Gasteiger partial charge in [0.2, 0.25) is 0 Å². The highest BCUT2D eigenvalue weighted by molar-refractivity contribution is 8.39. The first-order valence-electron chi connectivity index (χ1n) is 8.07. The average molecular weight is 348 g/mol. The van der Waals surface area contributed by atoms with E-state index in [1.165, 1.54) is 0 Å². The van der Waals surface area contributed by atoms with Gasteiger partial charge in [-0.2, -0.15) is 0 Å². The Morgan fingerprint density at radius 2 is 1.95 bits per heavy atom. The van der Waals surface area contributed by atoms with Crippen LogP contribution in [0.4, 0.5) is 4.79 Å². The number of allylic oxidation sites excluding steroid dienone is 2. The molecule has 2 unspecified atom stereocenters. The fourth-order valence-electron chi connectivity index (χ4n) is 2.35. The Bertz CT molecular complexity index is 365. The monoisotopic (exact) mass is 348 g/mol. The van der Waals surface area contributed by atoms with Gasteiger partial charge in [-0.15, -0.1) is 4.52 Å². The molecule has 0 spiro atoms. The number of unbranched alkanes of at least 4 members (excludes halogenated alkanes) is 3. The maximum absolute atomic E-state index is 11.7. The van der Waals surface area contributed by atoms with Crippen LogP contribution in [-0.4, -0.2) is 25.3 Å². The van der Waals surface area contributed by atoms with Crippen molar-refractivity contribution in [3.63, 3.8) is 0 Å². The maximum atomic E-state index is 11.7. The summed E-state index contributed by atoms with van der Waals surface area (Å²) in [5.41, 5.74) is 0. The minimum Gasteiger partial charge on any atom is -0.446 e. The van der Waals surface area contributed by atoms with E-state index in [1.54, 1.807) is 0 Å². The summed E-state index contributed by atoms with van der Waals surface area (Å²) in [5.74, 6) is 0. The summed E-state index contributed by atoms with van der Waals surface area (Å²) in [6, 6.07) is 0. The van der Waals surface area contributed by atoms with Crippen molar-refractivity contribution in [2.75, 3.05) is 13.2 Å². The standard InChI is InChI=1S/C15H26NO4PS/c17-15(20-14-10-6-2-1-3-7-11-14)16-12-8-4-5-9-13-19-21(18)22/h1-2,14H,3-13H2,(H-,16,17,18,22)/p+1/b2-1+. The molecule has 1 N–H and O–H groups in total. The van der Waals surface area contributed by atoms with Gasteiger partial charge in [0, 0.05) is 6.54 Å². The molecular formula is C15H27NO4PS+. The van der Waals surface area contributed by atoms with E-state index in [4.69, 9.17) is 9.26 Å². The van der Waals surface area contributed by atoms with E-state index in [9.17, 15) is 9.36 Å². The predicted molar refractivity (Wildman–Crippen MR) is 91.5 cm³/mol. The second-order valence-electron chi connectivity index (χ2n) is 5.42. The lowest BCUT2D eigenvalue weighted by molar-refractivity contribution is 0.0863. The number of amides is 1. The SMILES string of the molecule is O=C(NCCCCCCO[P+](=O)S)OC1CC/C=C/CCC1. The Labute approximate surface area is 139 Å². The number of carbonyl (C=O) groups excluding carboxylic acids is 1. The fourth-order valence-corrected chi connectivity index (χ4v) is 2.88. The lowest BCUT2D eigenvalue weighted by Gasteiger charge is -2.18. The minimum absolute atomic E-state index is 0.0466. The summed E-state index contributed by atoms with van der Waals surface area (Å²) in [4.78, 5) is 11.7. The van der Waals surface area contributed by atoms with Crippen molar-refractivity contribution in [1.82, 2.24) is 5.32 Å². The molecule has 0 aliphatic heterocycles. The van der Waals surface area contributed by atoms with Crippen LogP contribution in [0.2, 0.25) is 0 Å². The first kappa shape index (κ1) is 19.5. The second-order valence-corrected chi connectivity index (χ2v) is 7.13. The summed E-state index contributed by atoms with van der Waals surface area (Å²) in [6.07, 6.45) is 12.9. The molecule has 22 heavy (non-hydrogen) atoms. The summed E-state index contributed by atoms with van der Waals surface area (Å²) >= 11 is 3.67. The number of ether oxygens (including phenoxy) is 1. The van der Waals surface area contributed by atoms with Gasteiger partial charge >= 0.3 is 13.3 Å². The smallest absolute Gasteiger partial charge is 0.446 e. The molecule has 0 radical (unpaired) electrons. The largest absolute Gasteiger partial charge is 0.582 e. The van der Waals surface area contributed by atoms with E-state index >= 15 is 0 Å². The molecule has 0 aromatic heterocycles. The van der Waals surface area contributed by atoms with Gasteiger partial charge in [-0.05, 0) is 49.5 Å². The molecule has 126 valence electrons. The minimum atomic E-state index is -1.78. The topological polar surface area (TPSA) is 64.6 Å². The molecule has 0 aromatic carbocycles. The molecule has 1 amide bonds. The van der Waals surface area contributed by atoms with Gasteiger partial charge in [0.25, 0.3) is 0 Å². The third kappa shape index (κ3) is 11.0. The van der Waals surface area contributed by atoms with Crippen LogP contribution in [0.3, 0.4) is 0 Å². The molecule has 0 bridgehead atoms. The van der Waals surface area contributed by atoms with Gasteiger partial charge in [0.05, 0.1) is 0 Å². The van der Waals surface area contributed by atoms with Crippen molar-refractivity contribution in [2.24, 2.45) is 0 Å². The Morgan fingerprint density at radius 1 is 1.18 bits per heavy atom. The first-order chi connectivity index (χ1) is 10.7. The molecule has 0 saturated heterocycles. The number of rotatable bonds is 9. The van der Waals surface area contributed by atoms with Gasteiger partial charge in [-0.1, -0.05) is 25.0 Å². The van der Waals surface area contributed by atoms with Crippen molar-refractivity contribution < 1.29 is 18.6 Å². The van der Waals surface area contributed by atoms with E-state index in [1.807, 2.05) is 0 Å². The lowest BCUT2D eigenvalue weighted by Crippen LogP contribution is -2.30. The number of hydrogen-bond donors (Lipinski definition) is 2. The first-order valence-corrected chi connectivity index (χ1v) is 10.4. The van der Waals surface area contributed by atoms with Crippen LogP contribution < -0.4 is 5.32 Å². The Morgan fingerprint density at radius 3 is 2.77 bits per heavy atom. The summed E-state index contributed by atoms with van der Waals surface area (Å²) in [5, 5.41) is 2.81. The van der Waals surface area contributed by atoms with Crippen LogP contribution in [0, 0.1) is 0 Å². The van der Waals surface area contributed by atoms with Crippen molar-refractivity contribution >= 4 is 25.6 Å². The molecule has 1 aliphatic rings. The molecule has 0 saturated carbocycles. The van der Waals surface area contributed by atoms with Crippen LogP contribution in [0.1, 0.15) is 57.8 Å². The molecule has 0 heterocycles. The van der Waals surface area contributed by atoms with E-state index in [0.717, 1.165) is 57.8 Å². The zero-order valence-electron chi connectivity index (χ0n) is 13.0. The zero-order valence-corrected chi connectivity index (χ0v) is 14.8. The van der Waals surface area contributed by atoms with E-state index < -0.39 is 7.23 Å². The highest BCUT2D eigenvalue weighted by Gasteiger charge is 2.14. The summed E-state index contributed by atoms with van der Waals surface area (Å²) in [7, 11) is -1.78. The highest BCUT2D eigenvalue weighted by atomic mass is 32.7. The summed E-state index contributed by atoms with van der Waals surface area (Å²) in [6.45, 7) is 1.11. The number of carbonyl (C=O) groups is 1. The highest BCUT2D eigenvalue weighted by Crippen LogP contribution is 2.26. The fraction of sp³-hybridized carbons (Fsp3) is 0.800. The van der Waals surface area contributed by atoms with E-state index in [-0.39, 0.29) is 12.2 Å². The second kappa shape index (κ2) is 12.9. The molecular weight excluding hydrogens is 321 g/mol. The van der Waals surface area contributed by atoms with Crippen molar-refractivity contribution in [2.45, 2.75) is 63.9 Å². The van der Waals surface area contributed by atoms with Crippen molar-refractivity contribution in [1.29, 1.82) is 0 Å². The van der Waals surface area contributed by atoms with Crippen LogP contribution in [0.5, 0.6) is 0 Å². The maximum Gasteiger partial charge on any atom is 0.582 e. The number of alkyl carbamates (subject to hydrolysis) is 1. The van der Waals surface area contributed by atoms with Gasteiger partial charge in [-0.3, -0.25) is 0 Å². The Balaban J connectivity index is 1.96. The molecule has 1 rings (SSSR count). The molecule has 5 nitrogen and oxygen atoms in total. The van der Waals surface area contributed by atoms with Gasteiger partial charge in [0.15, 0.2) is 0 Å². The normalized spacial score (nSPS) is 20.6. The zero-order chi connectivity index (χ0) is 16.0. The van der Waals surface area contributed by atoms with Crippen LogP contribution in [-0.2, 0) is 13.8 Å². The Kier molecular flexibility index (Phi) is 11.4. The van der Waals surface area contributed by atoms with Crippen molar-refractivity contribution in [3.05, 3.63) is 12.2 Å². The third-order valence-corrected chi connectivity index (χ3v) is 4.28. The van der Waals surface area contributed by atoms with Gasteiger partial charge in [0.1, 0.15) is 25.0 Å². The number of thiol groups is 1. The molecule has 0 fully saturated rings. The van der Waals surface area contributed by atoms with Crippen LogP contribution in [0.25, 0.3) is 0 Å². The van der Waals surface area contributed by atoms with E-state index in [2.05, 4.69) is 29.7 Å². The van der Waals surface area contributed by atoms with Crippen LogP contribution in [0.15, 0.2) is 12.2 Å². The van der Waals surface area contributed by atoms with Gasteiger partial charge in [-0.25, -0.2) is 4.79 Å². The molecule has 7 heteroatoms. The average Bonchev–Trinajstić information content (AvgIpc) is 2.44. The lowest BCUT2D eigenvalue weighted by atomic mass is 10.0. The van der Waals surface area contributed by atoms with Gasteiger partial charge < -0.3 is 10.1 Å². The number of nitrogens with one attached hydrogen (secondary N) is 1. The summed E-state index contributed by atoms with van der Waals surface area (Å²) < 4.78 is 20.9. The third-order valence-electron chi connectivity index (χ3n) is 3.53. The number of hydrogen-bond acceptors (Lipinski definition) is 4. The molecule has 0 aromatic rings. The van der Waals surface area contributed by atoms with E-state index in [0.29, 0.717) is 13.2 Å². The quantitative estimate of drug-likeness (QED) is 0.273. The Hall–Kier alpha value is -0.580. The predicted octanol–water partition coefficient (Wildman–Crippen LogP) is 4.77. The van der Waals surface area contributed by atoms with Crippen LogP contribution >= 0.6 is 19.5 Å². The molecule has 2 atom stereocenters. The van der Waals surface area contributed by atoms with Crippen molar-refractivity contribution in [3.8, 4) is 0 Å². The molecule has 1 aliphatic carbocycles.